The molecule has 0 unspecified atom stereocenters. The molecule has 0 aliphatic heterocycles. The first-order valence-electron chi connectivity index (χ1n) is 10.1. The van der Waals surface area contributed by atoms with E-state index in [1.54, 1.807) is 42.6 Å². The predicted molar refractivity (Wildman–Crippen MR) is 130 cm³/mol. The average Bonchev–Trinajstić information content (AvgIpc) is 3.49. The molecule has 3 aromatic heterocycles. The summed E-state index contributed by atoms with van der Waals surface area (Å²) in [6.07, 6.45) is 2.38. The van der Waals surface area contributed by atoms with E-state index in [4.69, 9.17) is 16.1 Å². The summed E-state index contributed by atoms with van der Waals surface area (Å²) in [4.78, 5) is 32.7. The molecular formula is C21H18ClN7O3S2. The molecule has 0 spiro atoms. The van der Waals surface area contributed by atoms with Gasteiger partial charge >= 0.3 is 0 Å². The predicted octanol–water partition coefficient (Wildman–Crippen LogP) is 4.33. The van der Waals surface area contributed by atoms with E-state index in [0.717, 1.165) is 0 Å². The largest absolute Gasteiger partial charge is 0.339 e. The highest BCUT2D eigenvalue weighted by Gasteiger charge is 2.13. The van der Waals surface area contributed by atoms with Crippen molar-refractivity contribution in [1.82, 2.24) is 25.3 Å². The molecule has 0 aliphatic rings. The molecule has 2 amide bonds. The third kappa shape index (κ3) is 7.07. The maximum Gasteiger partial charge on any atom is 0.227 e. The second-order valence-corrected chi connectivity index (χ2v) is 9.56. The molecule has 0 fully saturated rings. The summed E-state index contributed by atoms with van der Waals surface area (Å²) in [5.41, 5.74) is 1.29. The number of aromatic nitrogens is 5. The summed E-state index contributed by atoms with van der Waals surface area (Å²) in [6, 6.07) is 12.3. The minimum absolute atomic E-state index is 0.111. The number of nitrogens with one attached hydrogen (secondary N) is 2. The Morgan fingerprint density at radius 3 is 2.65 bits per heavy atom. The number of amides is 2. The van der Waals surface area contributed by atoms with Gasteiger partial charge in [-0.15, -0.1) is 10.2 Å². The van der Waals surface area contributed by atoms with E-state index in [2.05, 4.69) is 36.0 Å². The van der Waals surface area contributed by atoms with Gasteiger partial charge in [0.15, 0.2) is 4.34 Å². The van der Waals surface area contributed by atoms with Crippen molar-refractivity contribution in [2.75, 3.05) is 16.4 Å². The summed E-state index contributed by atoms with van der Waals surface area (Å²) in [7, 11) is 0. The summed E-state index contributed by atoms with van der Waals surface area (Å²) in [5.74, 6) is 0.898. The number of thioether (sulfide) groups is 1. The van der Waals surface area contributed by atoms with E-state index in [9.17, 15) is 9.59 Å². The Bertz CT molecular complexity index is 1250. The van der Waals surface area contributed by atoms with Crippen LogP contribution < -0.4 is 10.6 Å². The molecule has 4 rings (SSSR count). The van der Waals surface area contributed by atoms with Crippen molar-refractivity contribution in [3.63, 3.8) is 0 Å². The van der Waals surface area contributed by atoms with Crippen molar-refractivity contribution in [3.05, 3.63) is 59.6 Å². The monoisotopic (exact) mass is 515 g/mol. The number of nitrogens with zero attached hydrogens (tertiary/aromatic N) is 5. The van der Waals surface area contributed by atoms with Crippen LogP contribution >= 0.6 is 34.7 Å². The zero-order valence-corrected chi connectivity index (χ0v) is 20.0. The SMILES string of the molecule is O=C(CCSc1nnc(NC(=O)CCc2nc(-c3ccccn3)no2)s1)Nc1ccc(Cl)cc1. The van der Waals surface area contributed by atoms with Crippen LogP contribution in [0, 0.1) is 0 Å². The molecule has 34 heavy (non-hydrogen) atoms. The van der Waals surface area contributed by atoms with Gasteiger partial charge in [0, 0.05) is 41.9 Å². The van der Waals surface area contributed by atoms with Gasteiger partial charge in [-0.1, -0.05) is 45.9 Å². The number of aryl methyl sites for hydroxylation is 1. The van der Waals surface area contributed by atoms with Gasteiger partial charge < -0.3 is 15.2 Å². The molecule has 3 heterocycles. The molecular weight excluding hydrogens is 498 g/mol. The van der Waals surface area contributed by atoms with E-state index in [-0.39, 0.29) is 24.7 Å². The molecule has 2 N–H and O–H groups in total. The van der Waals surface area contributed by atoms with Crippen molar-refractivity contribution >= 4 is 57.3 Å². The van der Waals surface area contributed by atoms with Gasteiger partial charge in [0.05, 0.1) is 0 Å². The van der Waals surface area contributed by atoms with Gasteiger partial charge in [-0.05, 0) is 36.4 Å². The summed E-state index contributed by atoms with van der Waals surface area (Å²) < 4.78 is 5.84. The molecule has 4 aromatic rings. The fourth-order valence-corrected chi connectivity index (χ4v) is 4.57. The number of hydrogen-bond acceptors (Lipinski definition) is 10. The minimum atomic E-state index is -0.243. The Balaban J connectivity index is 1.17. The van der Waals surface area contributed by atoms with Crippen molar-refractivity contribution in [1.29, 1.82) is 0 Å². The second-order valence-electron chi connectivity index (χ2n) is 6.80. The fourth-order valence-electron chi connectivity index (χ4n) is 2.66. The first kappa shape index (κ1) is 23.8. The van der Waals surface area contributed by atoms with Gasteiger partial charge in [0.1, 0.15) is 5.69 Å². The van der Waals surface area contributed by atoms with E-state index in [1.807, 2.05) is 6.07 Å². The number of rotatable bonds is 10. The maximum absolute atomic E-state index is 12.2. The topological polar surface area (TPSA) is 136 Å². The van der Waals surface area contributed by atoms with Crippen molar-refractivity contribution < 1.29 is 14.1 Å². The highest BCUT2D eigenvalue weighted by atomic mass is 35.5. The second kappa shape index (κ2) is 11.7. The van der Waals surface area contributed by atoms with Crippen LogP contribution in [-0.2, 0) is 16.0 Å². The normalized spacial score (nSPS) is 10.7. The lowest BCUT2D eigenvalue weighted by Gasteiger charge is -2.04. The molecule has 0 radical (unpaired) electrons. The molecule has 174 valence electrons. The van der Waals surface area contributed by atoms with Gasteiger partial charge in [-0.25, -0.2) is 0 Å². The number of pyridine rings is 1. The highest BCUT2D eigenvalue weighted by Crippen LogP contribution is 2.26. The lowest BCUT2D eigenvalue weighted by molar-refractivity contribution is -0.116. The smallest absolute Gasteiger partial charge is 0.227 e. The number of benzene rings is 1. The minimum Gasteiger partial charge on any atom is -0.339 e. The van der Waals surface area contributed by atoms with Gasteiger partial charge in [-0.2, -0.15) is 4.98 Å². The quantitative estimate of drug-likeness (QED) is 0.233. The third-order valence-electron chi connectivity index (χ3n) is 4.26. The van der Waals surface area contributed by atoms with Crippen LogP contribution in [0.25, 0.3) is 11.5 Å². The van der Waals surface area contributed by atoms with Crippen LogP contribution in [0.4, 0.5) is 10.8 Å². The first-order valence-corrected chi connectivity index (χ1v) is 12.3. The highest BCUT2D eigenvalue weighted by molar-refractivity contribution is 8.01. The number of carbonyl (C=O) groups excluding carboxylic acids is 2. The van der Waals surface area contributed by atoms with Crippen molar-refractivity contribution in [2.24, 2.45) is 0 Å². The van der Waals surface area contributed by atoms with E-state index >= 15 is 0 Å². The third-order valence-corrected chi connectivity index (χ3v) is 6.49. The average molecular weight is 516 g/mol. The Morgan fingerprint density at radius 2 is 1.85 bits per heavy atom. The molecule has 0 aliphatic carbocycles. The van der Waals surface area contributed by atoms with Crippen molar-refractivity contribution in [2.45, 2.75) is 23.6 Å². The van der Waals surface area contributed by atoms with E-state index < -0.39 is 0 Å². The Hall–Kier alpha value is -3.35. The Labute approximate surface area is 207 Å². The van der Waals surface area contributed by atoms with Gasteiger partial charge in [0.2, 0.25) is 28.7 Å². The Morgan fingerprint density at radius 1 is 1.03 bits per heavy atom. The summed E-state index contributed by atoms with van der Waals surface area (Å²) in [5, 5.41) is 18.4. The number of halogens is 1. The van der Waals surface area contributed by atoms with Crippen LogP contribution in [0.15, 0.2) is 57.5 Å². The number of carbonyl (C=O) groups is 2. The first-order chi connectivity index (χ1) is 16.5. The summed E-state index contributed by atoms with van der Waals surface area (Å²) >= 11 is 8.47. The van der Waals surface area contributed by atoms with Crippen LogP contribution in [0.2, 0.25) is 5.02 Å². The fraction of sp³-hybridized carbons (Fsp3) is 0.190. The van der Waals surface area contributed by atoms with Gasteiger partial charge in [-0.3, -0.25) is 14.6 Å². The summed E-state index contributed by atoms with van der Waals surface area (Å²) in [6.45, 7) is 0. The maximum atomic E-state index is 12.2. The lowest BCUT2D eigenvalue weighted by Crippen LogP contribution is -2.12. The van der Waals surface area contributed by atoms with Crippen LogP contribution in [0.1, 0.15) is 18.7 Å². The molecule has 0 saturated carbocycles. The molecule has 0 bridgehead atoms. The Kier molecular flexibility index (Phi) is 8.17. The van der Waals surface area contributed by atoms with E-state index in [0.29, 0.717) is 49.8 Å². The molecule has 1 aromatic carbocycles. The van der Waals surface area contributed by atoms with Crippen LogP contribution in [0.3, 0.4) is 0 Å². The zero-order valence-electron chi connectivity index (χ0n) is 17.6. The number of anilines is 2. The van der Waals surface area contributed by atoms with Crippen molar-refractivity contribution in [3.8, 4) is 11.5 Å². The molecule has 10 nitrogen and oxygen atoms in total. The number of hydrogen-bond donors (Lipinski definition) is 2. The van der Waals surface area contributed by atoms with E-state index in [1.165, 1.54) is 23.1 Å². The molecule has 0 saturated heterocycles. The molecule has 13 heteroatoms. The molecule has 0 atom stereocenters. The van der Waals surface area contributed by atoms with Crippen LogP contribution in [0.5, 0.6) is 0 Å². The zero-order chi connectivity index (χ0) is 23.8. The van der Waals surface area contributed by atoms with Crippen LogP contribution in [-0.4, -0.2) is 42.9 Å². The standard InChI is InChI=1S/C21H18ClN7O3S2/c22-13-4-6-14(7-5-13)24-17(31)10-12-33-21-28-27-20(34-21)25-16(30)8-9-18-26-19(29-32-18)15-3-1-2-11-23-15/h1-7,11H,8-10,12H2,(H,24,31)(H,25,27,30). The van der Waals surface area contributed by atoms with Gasteiger partial charge in [0.25, 0.3) is 0 Å². The lowest BCUT2D eigenvalue weighted by atomic mass is 10.3.